The Hall–Kier alpha value is -1.68. The van der Waals surface area contributed by atoms with Gasteiger partial charge in [-0.1, -0.05) is 101 Å². The van der Waals surface area contributed by atoms with E-state index in [0.29, 0.717) is 5.02 Å². The van der Waals surface area contributed by atoms with E-state index in [1.165, 1.54) is 47.9 Å². The first-order valence-electron chi connectivity index (χ1n) is 15.1. The van der Waals surface area contributed by atoms with E-state index in [1.807, 2.05) is 24.6 Å². The van der Waals surface area contributed by atoms with Crippen molar-refractivity contribution in [2.24, 2.45) is 9.98 Å². The number of hydrogen-bond acceptors (Lipinski definition) is 3. The molecule has 3 rings (SSSR count). The van der Waals surface area contributed by atoms with Crippen LogP contribution in [-0.2, 0) is 42.8 Å². The van der Waals surface area contributed by atoms with Gasteiger partial charge in [0, 0.05) is 5.02 Å². The van der Waals surface area contributed by atoms with Crippen LogP contribution in [-0.4, -0.2) is 17.4 Å². The van der Waals surface area contributed by atoms with Gasteiger partial charge in [0.25, 0.3) is 0 Å². The molecule has 0 aliphatic rings. The van der Waals surface area contributed by atoms with E-state index in [0.717, 1.165) is 74.1 Å². The van der Waals surface area contributed by atoms with Crippen molar-refractivity contribution >= 4 is 35.4 Å². The smallest absolute Gasteiger partial charge is 1.00 e. The van der Waals surface area contributed by atoms with E-state index < -0.39 is 0 Å². The molecular weight excluding hydrogens is 625 g/mol. The van der Waals surface area contributed by atoms with Crippen LogP contribution in [0.15, 0.2) is 58.5 Å². The molecule has 0 atom stereocenters. The molecule has 0 saturated carbocycles. The molecule has 230 valence electrons. The van der Waals surface area contributed by atoms with Crippen molar-refractivity contribution in [3.8, 4) is 0 Å². The molecule has 0 aliphatic heterocycles. The summed E-state index contributed by atoms with van der Waals surface area (Å²) in [6, 6.07) is 17.0. The minimum absolute atomic E-state index is 0. The van der Waals surface area contributed by atoms with Gasteiger partial charge in [-0.25, -0.2) is 4.98 Å². The minimum Gasteiger partial charge on any atom is -1.00 e. The van der Waals surface area contributed by atoms with Crippen molar-refractivity contribution < 1.29 is 41.9 Å². The fraction of sp³-hybridized carbons (Fsp3) is 0.457. The second-order valence-electron chi connectivity index (χ2n) is 10.4. The van der Waals surface area contributed by atoms with Crippen molar-refractivity contribution in [2.45, 2.75) is 105 Å². The Bertz CT molecular complexity index is 1100. The van der Waals surface area contributed by atoms with Gasteiger partial charge in [-0.15, -0.1) is 0 Å². The van der Waals surface area contributed by atoms with Gasteiger partial charge in [0.05, 0.1) is 35.2 Å². The Morgan fingerprint density at radius 2 is 0.905 bits per heavy atom. The summed E-state index contributed by atoms with van der Waals surface area (Å²) in [5.74, 6) is 0. The van der Waals surface area contributed by atoms with Crippen LogP contribution in [0.1, 0.15) is 113 Å². The number of benzene rings is 2. The number of para-hydroxylation sites is 2. The molecule has 0 bridgehead atoms. The number of rotatable bonds is 16. The number of nitrogens with zero attached hydrogens (tertiary/aromatic N) is 3. The molecule has 3 nitrogen and oxygen atoms in total. The van der Waals surface area contributed by atoms with Gasteiger partial charge in [0.15, 0.2) is 0 Å². The number of pyridine rings is 1. The average Bonchev–Trinajstić information content (AvgIpc) is 2.95. The summed E-state index contributed by atoms with van der Waals surface area (Å²) in [6.07, 6.45) is 17.2. The molecule has 1 aromatic heterocycles. The molecule has 0 fully saturated rings. The summed E-state index contributed by atoms with van der Waals surface area (Å²) in [5, 5.41) is 0.642. The molecule has 0 radical (unpaired) electrons. The average molecular weight is 671 g/mol. The second-order valence-corrected chi connectivity index (χ2v) is 10.9. The molecule has 0 N–H and O–H groups in total. The molecule has 3 aromatic rings. The molecule has 0 amide bonds. The van der Waals surface area contributed by atoms with Crippen LogP contribution in [0.5, 0.6) is 0 Å². The number of unbranched alkanes of at least 4 members (excludes halogenated alkanes) is 4. The van der Waals surface area contributed by atoms with E-state index in [-0.39, 0.29) is 41.9 Å². The van der Waals surface area contributed by atoms with Gasteiger partial charge in [-0.3, -0.25) is 9.98 Å². The van der Waals surface area contributed by atoms with Crippen LogP contribution < -0.4 is 24.8 Å². The molecule has 2 aromatic carbocycles. The standard InChI is InChI=1S/C35H46ClN3.2ClH.Fe/c1-5-9-15-27-19-13-20-28(16-10-6-2)34(27)37-25-32-23-31(36)24-33(39-32)26-38-35-29(17-11-7-3)21-14-22-30(35)18-12-8-4;;;/h13-14,19-26H,5-12,15-18H2,1-4H3;2*1H;/q;;;+2/p-2. The number of aliphatic imine (C=N–C) groups is 2. The minimum atomic E-state index is 0. The summed E-state index contributed by atoms with van der Waals surface area (Å²) in [5.41, 5.74) is 8.95. The molecule has 0 aliphatic carbocycles. The van der Waals surface area contributed by atoms with Crippen molar-refractivity contribution in [3.05, 3.63) is 87.2 Å². The number of aromatic nitrogens is 1. The molecule has 0 saturated heterocycles. The second kappa shape index (κ2) is 22.8. The van der Waals surface area contributed by atoms with Gasteiger partial charge in [-0.2, -0.15) is 0 Å². The van der Waals surface area contributed by atoms with Crippen LogP contribution in [0, 0.1) is 0 Å². The Morgan fingerprint density at radius 3 is 1.19 bits per heavy atom. The van der Waals surface area contributed by atoms with E-state index in [4.69, 9.17) is 26.6 Å². The van der Waals surface area contributed by atoms with E-state index >= 15 is 0 Å². The first kappa shape index (κ1) is 40.3. The Labute approximate surface area is 282 Å². The fourth-order valence-electron chi connectivity index (χ4n) is 4.83. The van der Waals surface area contributed by atoms with Crippen LogP contribution in [0.3, 0.4) is 0 Å². The first-order chi connectivity index (χ1) is 19.1. The van der Waals surface area contributed by atoms with Crippen LogP contribution in [0.2, 0.25) is 5.02 Å². The normalized spacial score (nSPS) is 10.9. The van der Waals surface area contributed by atoms with Crippen molar-refractivity contribution in [1.29, 1.82) is 0 Å². The third-order valence-corrected chi connectivity index (χ3v) is 7.30. The summed E-state index contributed by atoms with van der Waals surface area (Å²) < 4.78 is 0. The summed E-state index contributed by atoms with van der Waals surface area (Å²) in [6.45, 7) is 8.94. The predicted molar refractivity (Wildman–Crippen MR) is 171 cm³/mol. The Balaban J connectivity index is 0.00000560. The monoisotopic (exact) mass is 669 g/mol. The van der Waals surface area contributed by atoms with Gasteiger partial charge in [0.2, 0.25) is 0 Å². The van der Waals surface area contributed by atoms with Crippen LogP contribution in [0.25, 0.3) is 0 Å². The van der Waals surface area contributed by atoms with Crippen LogP contribution >= 0.6 is 11.6 Å². The molecule has 42 heavy (non-hydrogen) atoms. The van der Waals surface area contributed by atoms with Gasteiger partial charge in [-0.05, 0) is 85.8 Å². The van der Waals surface area contributed by atoms with Gasteiger partial charge in [0.1, 0.15) is 0 Å². The maximum Gasteiger partial charge on any atom is 2.00 e. The van der Waals surface area contributed by atoms with Gasteiger partial charge >= 0.3 is 17.1 Å². The molecule has 0 unspecified atom stereocenters. The van der Waals surface area contributed by atoms with E-state index in [2.05, 4.69) is 64.1 Å². The zero-order chi connectivity index (χ0) is 27.9. The Morgan fingerprint density at radius 1 is 0.595 bits per heavy atom. The first-order valence-corrected chi connectivity index (χ1v) is 15.4. The molecule has 1 heterocycles. The summed E-state index contributed by atoms with van der Waals surface area (Å²) in [4.78, 5) is 14.8. The summed E-state index contributed by atoms with van der Waals surface area (Å²) in [7, 11) is 0. The number of hydrogen-bond donors (Lipinski definition) is 0. The largest absolute Gasteiger partial charge is 2.00 e. The molecule has 7 heteroatoms. The maximum atomic E-state index is 6.55. The number of aryl methyl sites for hydroxylation is 4. The van der Waals surface area contributed by atoms with Crippen molar-refractivity contribution in [1.82, 2.24) is 4.98 Å². The van der Waals surface area contributed by atoms with Crippen molar-refractivity contribution in [3.63, 3.8) is 0 Å². The molecule has 0 spiro atoms. The third kappa shape index (κ3) is 12.9. The third-order valence-electron chi connectivity index (χ3n) is 7.09. The quantitative estimate of drug-likeness (QED) is 0.162. The van der Waals surface area contributed by atoms with E-state index in [1.54, 1.807) is 0 Å². The zero-order valence-electron chi connectivity index (χ0n) is 25.6. The topological polar surface area (TPSA) is 37.6 Å². The number of halogens is 3. The Kier molecular flexibility index (Phi) is 21.9. The predicted octanol–water partition coefficient (Wildman–Crippen LogP) is 4.61. The van der Waals surface area contributed by atoms with E-state index in [9.17, 15) is 0 Å². The maximum absolute atomic E-state index is 6.55. The summed E-state index contributed by atoms with van der Waals surface area (Å²) >= 11 is 6.55. The van der Waals surface area contributed by atoms with Crippen LogP contribution in [0.4, 0.5) is 11.4 Å². The fourth-order valence-corrected chi connectivity index (χ4v) is 5.05. The molecular formula is C35H46Cl3FeN3. The van der Waals surface area contributed by atoms with Gasteiger partial charge < -0.3 is 24.8 Å². The zero-order valence-corrected chi connectivity index (χ0v) is 29.0. The van der Waals surface area contributed by atoms with Crippen molar-refractivity contribution in [2.75, 3.05) is 0 Å². The SMILES string of the molecule is CCCCc1cccc(CCCC)c1N=Cc1cc(Cl)cc(C=Nc2c(CCCC)cccc2CCCC)n1.[Cl-].[Cl-].[Fe+2].